The zero-order chi connectivity index (χ0) is 26.0. The van der Waals surface area contributed by atoms with E-state index >= 15 is 0 Å². The fraction of sp³-hybridized carbons (Fsp3) is 0.577. The van der Waals surface area contributed by atoms with Crippen LogP contribution in [0, 0.1) is 5.92 Å². The molecule has 1 fully saturated rings. The van der Waals surface area contributed by atoms with E-state index in [2.05, 4.69) is 0 Å². The highest BCUT2D eigenvalue weighted by atomic mass is 16.5. The Labute approximate surface area is 207 Å². The molecule has 1 aromatic rings. The molecule has 0 atom stereocenters. The van der Waals surface area contributed by atoms with Crippen LogP contribution >= 0.6 is 0 Å². The summed E-state index contributed by atoms with van der Waals surface area (Å²) < 4.78 is 5.51. The van der Waals surface area contributed by atoms with Crippen LogP contribution < -0.4 is 4.90 Å². The van der Waals surface area contributed by atoms with Gasteiger partial charge in [0, 0.05) is 58.7 Å². The van der Waals surface area contributed by atoms with E-state index in [-0.39, 0.29) is 42.3 Å². The SMILES string of the molecule is CC(C)CC(=O)CCCOCCN(C)C(=O)CC(=O)N(C)c1ccc(CC(=O)N2CCC2=O)cc1. The van der Waals surface area contributed by atoms with Gasteiger partial charge in [-0.3, -0.25) is 28.9 Å². The summed E-state index contributed by atoms with van der Waals surface area (Å²) in [6, 6.07) is 6.91. The highest BCUT2D eigenvalue weighted by molar-refractivity contribution is 6.04. The normalized spacial score (nSPS) is 12.9. The first kappa shape index (κ1) is 28.2. The Kier molecular flexibility index (Phi) is 11.0. The number of nitrogens with zero attached hydrogens (tertiary/aromatic N) is 3. The summed E-state index contributed by atoms with van der Waals surface area (Å²) in [5.41, 5.74) is 1.36. The number of ether oxygens (including phenoxy) is 1. The minimum Gasteiger partial charge on any atom is -0.380 e. The van der Waals surface area contributed by atoms with E-state index in [0.29, 0.717) is 63.6 Å². The Balaban J connectivity index is 1.68. The third-order valence-corrected chi connectivity index (χ3v) is 5.88. The lowest BCUT2D eigenvalue weighted by atomic mass is 10.0. The van der Waals surface area contributed by atoms with Crippen LogP contribution in [0.1, 0.15) is 51.5 Å². The largest absolute Gasteiger partial charge is 0.380 e. The Morgan fingerprint density at radius 3 is 2.29 bits per heavy atom. The molecule has 4 amide bonds. The summed E-state index contributed by atoms with van der Waals surface area (Å²) in [6.07, 6.45) is 2.03. The van der Waals surface area contributed by atoms with E-state index in [0.717, 1.165) is 5.56 Å². The predicted octanol–water partition coefficient (Wildman–Crippen LogP) is 2.21. The molecule has 0 radical (unpaired) electrons. The molecular formula is C26H37N3O6. The van der Waals surface area contributed by atoms with Gasteiger partial charge in [0.1, 0.15) is 12.2 Å². The second-order valence-electron chi connectivity index (χ2n) is 9.33. The van der Waals surface area contributed by atoms with Crippen molar-refractivity contribution in [1.29, 1.82) is 0 Å². The molecule has 1 aliphatic heterocycles. The monoisotopic (exact) mass is 487 g/mol. The Hall–Kier alpha value is -3.07. The lowest BCUT2D eigenvalue weighted by Gasteiger charge is -2.28. The van der Waals surface area contributed by atoms with Crippen LogP contribution in [-0.4, -0.2) is 79.6 Å². The number of ketones is 1. The second-order valence-corrected chi connectivity index (χ2v) is 9.33. The van der Waals surface area contributed by atoms with Crippen molar-refractivity contribution in [2.45, 2.75) is 52.4 Å². The molecule has 35 heavy (non-hydrogen) atoms. The number of anilines is 1. The minimum atomic E-state index is -0.346. The van der Waals surface area contributed by atoms with Crippen LogP contribution in [-0.2, 0) is 35.1 Å². The van der Waals surface area contributed by atoms with Gasteiger partial charge >= 0.3 is 0 Å². The van der Waals surface area contributed by atoms with Gasteiger partial charge < -0.3 is 14.5 Å². The van der Waals surface area contributed by atoms with Crippen molar-refractivity contribution in [2.24, 2.45) is 5.92 Å². The van der Waals surface area contributed by atoms with Crippen LogP contribution in [0.5, 0.6) is 0 Å². The van der Waals surface area contributed by atoms with Gasteiger partial charge in [-0.25, -0.2) is 0 Å². The molecule has 2 rings (SSSR count). The van der Waals surface area contributed by atoms with E-state index in [1.54, 1.807) is 38.4 Å². The molecule has 1 saturated heterocycles. The number of benzene rings is 1. The van der Waals surface area contributed by atoms with Gasteiger partial charge in [0.05, 0.1) is 13.0 Å². The average molecular weight is 488 g/mol. The molecule has 1 heterocycles. The van der Waals surface area contributed by atoms with E-state index in [1.165, 1.54) is 14.7 Å². The molecular weight excluding hydrogens is 450 g/mol. The summed E-state index contributed by atoms with van der Waals surface area (Å²) in [5.74, 6) is -0.421. The summed E-state index contributed by atoms with van der Waals surface area (Å²) in [6.45, 7) is 5.67. The second kappa shape index (κ2) is 13.7. The van der Waals surface area contributed by atoms with Crippen LogP contribution in [0.4, 0.5) is 5.69 Å². The van der Waals surface area contributed by atoms with Crippen LogP contribution in [0.2, 0.25) is 0 Å². The first-order valence-electron chi connectivity index (χ1n) is 12.1. The van der Waals surface area contributed by atoms with Crippen molar-refractivity contribution in [2.75, 3.05) is 45.3 Å². The molecule has 0 aliphatic carbocycles. The molecule has 1 aliphatic rings. The lowest BCUT2D eigenvalue weighted by Crippen LogP contribution is -2.48. The van der Waals surface area contributed by atoms with Crippen molar-refractivity contribution in [3.8, 4) is 0 Å². The molecule has 0 spiro atoms. The zero-order valence-corrected chi connectivity index (χ0v) is 21.2. The Morgan fingerprint density at radius 2 is 1.71 bits per heavy atom. The molecule has 1 aromatic carbocycles. The third-order valence-electron chi connectivity index (χ3n) is 5.88. The van der Waals surface area contributed by atoms with Gasteiger partial charge in [-0.05, 0) is 30.0 Å². The molecule has 0 bridgehead atoms. The van der Waals surface area contributed by atoms with Crippen molar-refractivity contribution in [3.05, 3.63) is 29.8 Å². The number of carbonyl (C=O) groups excluding carboxylic acids is 5. The molecule has 9 nitrogen and oxygen atoms in total. The van der Waals surface area contributed by atoms with Gasteiger partial charge in [-0.2, -0.15) is 0 Å². The number of rotatable bonds is 14. The molecule has 0 aromatic heterocycles. The standard InChI is InChI=1S/C26H37N3O6/c1-19(2)16-22(30)6-5-14-35-15-13-27(3)24(32)18-25(33)28(4)21-9-7-20(8-10-21)17-26(34)29-12-11-23(29)31/h7-10,19H,5-6,11-18H2,1-4H3. The number of carbonyl (C=O) groups is 5. The van der Waals surface area contributed by atoms with E-state index in [9.17, 15) is 24.0 Å². The van der Waals surface area contributed by atoms with Gasteiger partial charge in [-0.1, -0.05) is 26.0 Å². The number of β-lactam (4-membered cyclic amide) rings is 1. The molecule has 0 saturated carbocycles. The smallest absolute Gasteiger partial charge is 0.236 e. The highest BCUT2D eigenvalue weighted by Crippen LogP contribution is 2.17. The molecule has 9 heteroatoms. The first-order valence-corrected chi connectivity index (χ1v) is 12.1. The Morgan fingerprint density at radius 1 is 1.03 bits per heavy atom. The Bertz CT molecular complexity index is 912. The van der Waals surface area contributed by atoms with Gasteiger partial charge in [0.2, 0.25) is 23.6 Å². The maximum atomic E-state index is 12.6. The number of likely N-dealkylation sites (tertiary alicyclic amines) is 1. The molecule has 192 valence electrons. The summed E-state index contributed by atoms with van der Waals surface area (Å²) in [4.78, 5) is 64.2. The lowest BCUT2D eigenvalue weighted by molar-refractivity contribution is -0.152. The maximum absolute atomic E-state index is 12.6. The number of Topliss-reactive ketones (excluding diaryl/α,β-unsaturated/α-hetero) is 1. The van der Waals surface area contributed by atoms with E-state index in [1.807, 2.05) is 13.8 Å². The molecule has 0 N–H and O–H groups in total. The van der Waals surface area contributed by atoms with E-state index in [4.69, 9.17) is 4.74 Å². The number of hydrogen-bond acceptors (Lipinski definition) is 6. The first-order chi connectivity index (χ1) is 16.6. The number of likely N-dealkylation sites (N-methyl/N-ethyl adjacent to an activating group) is 1. The van der Waals surface area contributed by atoms with Gasteiger partial charge in [0.15, 0.2) is 0 Å². The number of imide groups is 1. The van der Waals surface area contributed by atoms with Crippen molar-refractivity contribution in [1.82, 2.24) is 9.80 Å². The molecule has 0 unspecified atom stereocenters. The number of amides is 4. The van der Waals surface area contributed by atoms with Crippen molar-refractivity contribution < 1.29 is 28.7 Å². The number of hydrogen-bond donors (Lipinski definition) is 0. The highest BCUT2D eigenvalue weighted by Gasteiger charge is 2.29. The summed E-state index contributed by atoms with van der Waals surface area (Å²) in [5, 5.41) is 0. The third kappa shape index (κ3) is 9.24. The van der Waals surface area contributed by atoms with Crippen LogP contribution in [0.3, 0.4) is 0 Å². The predicted molar refractivity (Wildman–Crippen MR) is 132 cm³/mol. The van der Waals surface area contributed by atoms with Crippen molar-refractivity contribution in [3.63, 3.8) is 0 Å². The van der Waals surface area contributed by atoms with Gasteiger partial charge in [0.25, 0.3) is 0 Å². The van der Waals surface area contributed by atoms with Crippen LogP contribution in [0.25, 0.3) is 0 Å². The fourth-order valence-corrected chi connectivity index (χ4v) is 3.57. The summed E-state index contributed by atoms with van der Waals surface area (Å²) >= 11 is 0. The maximum Gasteiger partial charge on any atom is 0.236 e. The van der Waals surface area contributed by atoms with Crippen molar-refractivity contribution >= 4 is 35.1 Å². The fourth-order valence-electron chi connectivity index (χ4n) is 3.57. The van der Waals surface area contributed by atoms with Gasteiger partial charge in [-0.15, -0.1) is 0 Å². The van der Waals surface area contributed by atoms with Crippen LogP contribution in [0.15, 0.2) is 24.3 Å². The quantitative estimate of drug-likeness (QED) is 0.226. The zero-order valence-electron chi connectivity index (χ0n) is 21.2. The van der Waals surface area contributed by atoms with E-state index < -0.39 is 0 Å². The average Bonchev–Trinajstić information content (AvgIpc) is 2.79. The topological polar surface area (TPSA) is 104 Å². The summed E-state index contributed by atoms with van der Waals surface area (Å²) in [7, 11) is 3.22. The minimum absolute atomic E-state index is 0.128.